The lowest BCUT2D eigenvalue weighted by Gasteiger charge is -2.22. The number of rotatable bonds is 74. The minimum absolute atomic E-state index is 0.206. The Morgan fingerprint density at radius 1 is 0.283 bits per heavy atom. The second kappa shape index (κ2) is 67.6. The van der Waals surface area contributed by atoms with E-state index in [2.05, 4.69) is 38.3 Å². The van der Waals surface area contributed by atoms with Gasteiger partial charge in [-0.25, -0.2) is 9.13 Å². The molecule has 0 aliphatic carbocycles. The lowest BCUT2D eigenvalue weighted by atomic mass is 10.0. The summed E-state index contributed by atoms with van der Waals surface area (Å²) in [5.74, 6) is -1.52. The van der Waals surface area contributed by atoms with Crippen molar-refractivity contribution in [1.82, 2.24) is 10.6 Å². The molecule has 0 spiro atoms. The van der Waals surface area contributed by atoms with Gasteiger partial charge in [0.1, 0.15) is 19.3 Å². The van der Waals surface area contributed by atoms with E-state index in [0.717, 1.165) is 77.0 Å². The first-order chi connectivity index (χ1) is 44.7. The second-order valence-electron chi connectivity index (χ2n) is 26.6. The van der Waals surface area contributed by atoms with E-state index < -0.39 is 72.2 Å². The van der Waals surface area contributed by atoms with Gasteiger partial charge in [0.05, 0.1) is 38.5 Å². The van der Waals surface area contributed by atoms with Crippen molar-refractivity contribution in [2.45, 2.75) is 405 Å². The molecule has 92 heavy (non-hydrogen) atoms. The maximum Gasteiger partial charge on any atom is 0.472 e. The largest absolute Gasteiger partial charge is 0.472 e. The van der Waals surface area contributed by atoms with Gasteiger partial charge in [-0.3, -0.25) is 37.3 Å². The Morgan fingerprint density at radius 3 is 0.685 bits per heavy atom. The summed E-state index contributed by atoms with van der Waals surface area (Å²) in [6.07, 6.45) is 60.1. The molecule has 0 aliphatic rings. The van der Waals surface area contributed by atoms with Gasteiger partial charge in [0.25, 0.3) is 0 Å². The smallest absolute Gasteiger partial charge is 0.463 e. The monoisotopic (exact) mass is 1350 g/mol. The molecule has 0 aromatic heterocycles. The number of esters is 2. The summed E-state index contributed by atoms with van der Waals surface area (Å²) in [7, 11) is -9.81. The summed E-state index contributed by atoms with van der Waals surface area (Å²) in [5.41, 5.74) is 0. The van der Waals surface area contributed by atoms with Crippen LogP contribution in [0.4, 0.5) is 0 Å². The molecule has 0 bridgehead atoms. The molecule has 2 amide bonds. The van der Waals surface area contributed by atoms with Crippen LogP contribution in [0.2, 0.25) is 0 Å². The molecule has 0 radical (unpaired) electrons. The van der Waals surface area contributed by atoms with E-state index in [1.54, 1.807) is 0 Å². The Morgan fingerprint density at radius 2 is 0.467 bits per heavy atom. The number of phosphoric ester groups is 2. The SMILES string of the molecule is CCCCCCCCCCCCCCCC(=O)NC(COC(=O)CCCCCCCCCCCCCCC)COP(=O)(O)OCC(O)COP(=O)(O)OCC(COC(=O)CCCCCCCCCCCCCCC)NC(=O)CCCCCCCCCCCCCCC. The van der Waals surface area contributed by atoms with Gasteiger partial charge >= 0.3 is 27.6 Å². The van der Waals surface area contributed by atoms with Crippen molar-refractivity contribution in [3.8, 4) is 0 Å². The van der Waals surface area contributed by atoms with Crippen LogP contribution >= 0.6 is 15.6 Å². The van der Waals surface area contributed by atoms with Crippen molar-refractivity contribution in [1.29, 1.82) is 0 Å². The molecule has 4 unspecified atom stereocenters. The second-order valence-corrected chi connectivity index (χ2v) is 29.5. The summed E-state index contributed by atoms with van der Waals surface area (Å²) in [5, 5.41) is 16.2. The summed E-state index contributed by atoms with van der Waals surface area (Å²) < 4.78 is 57.7. The van der Waals surface area contributed by atoms with Crippen molar-refractivity contribution in [3.05, 3.63) is 0 Å². The van der Waals surface area contributed by atoms with Crippen LogP contribution in [-0.4, -0.2) is 96.5 Å². The molecule has 19 heteroatoms. The van der Waals surface area contributed by atoms with Crippen molar-refractivity contribution in [2.24, 2.45) is 0 Å². The maximum absolute atomic E-state index is 13.1. The Kier molecular flexibility index (Phi) is 66.2. The fraction of sp³-hybridized carbons (Fsp3) is 0.945. The molecular formula is C73H144N2O15P2. The van der Waals surface area contributed by atoms with Crippen molar-refractivity contribution < 1.29 is 70.8 Å². The van der Waals surface area contributed by atoms with Crippen LogP contribution in [0.15, 0.2) is 0 Å². The molecule has 0 aliphatic heterocycles. The number of ether oxygens (including phenoxy) is 2. The Hall–Kier alpha value is -1.94. The number of aliphatic hydroxyl groups excluding tert-OH is 1. The maximum atomic E-state index is 13.1. The molecule has 0 aromatic rings. The highest BCUT2D eigenvalue weighted by Crippen LogP contribution is 2.45. The molecule has 0 saturated heterocycles. The van der Waals surface area contributed by atoms with Crippen LogP contribution in [0.25, 0.3) is 0 Å². The average Bonchev–Trinajstić information content (AvgIpc) is 3.45. The molecular weight excluding hydrogens is 1210 g/mol. The molecule has 0 aromatic carbocycles. The Bertz CT molecular complexity index is 1640. The predicted molar refractivity (Wildman–Crippen MR) is 376 cm³/mol. The summed E-state index contributed by atoms with van der Waals surface area (Å²) in [6.45, 7) is 5.53. The molecule has 546 valence electrons. The lowest BCUT2D eigenvalue weighted by Crippen LogP contribution is -2.42. The zero-order chi connectivity index (χ0) is 67.5. The van der Waals surface area contributed by atoms with Crippen molar-refractivity contribution in [2.75, 3.05) is 39.6 Å². The van der Waals surface area contributed by atoms with Gasteiger partial charge in [-0.1, -0.05) is 336 Å². The van der Waals surface area contributed by atoms with Crippen molar-refractivity contribution >= 4 is 39.4 Å². The Balaban J connectivity index is 5.25. The molecule has 4 atom stereocenters. The first-order valence-corrected chi connectivity index (χ1v) is 41.5. The van der Waals surface area contributed by atoms with Gasteiger partial charge in [-0.2, -0.15) is 0 Å². The van der Waals surface area contributed by atoms with Crippen LogP contribution < -0.4 is 10.6 Å². The van der Waals surface area contributed by atoms with E-state index in [4.69, 9.17) is 27.6 Å². The number of unbranched alkanes of at least 4 members (excludes halogenated alkanes) is 48. The van der Waals surface area contributed by atoms with E-state index >= 15 is 0 Å². The first kappa shape index (κ1) is 90.1. The molecule has 17 nitrogen and oxygen atoms in total. The number of hydrogen-bond donors (Lipinski definition) is 5. The number of carbonyl (C=O) groups excluding carboxylic acids is 4. The molecule has 0 saturated carbocycles. The zero-order valence-corrected chi connectivity index (χ0v) is 61.5. The van der Waals surface area contributed by atoms with Gasteiger partial charge < -0.3 is 35.0 Å². The molecule has 0 fully saturated rings. The van der Waals surface area contributed by atoms with Crippen LogP contribution in [0, 0.1) is 0 Å². The first-order valence-electron chi connectivity index (χ1n) is 38.5. The van der Waals surface area contributed by atoms with E-state index in [0.29, 0.717) is 25.7 Å². The Labute approximate surface area is 563 Å². The highest BCUT2D eigenvalue weighted by molar-refractivity contribution is 7.47. The van der Waals surface area contributed by atoms with E-state index in [-0.39, 0.29) is 50.7 Å². The number of nitrogens with one attached hydrogen (secondary N) is 2. The number of hydrogen-bond acceptors (Lipinski definition) is 13. The highest BCUT2D eigenvalue weighted by Gasteiger charge is 2.30. The van der Waals surface area contributed by atoms with E-state index in [9.17, 15) is 43.2 Å². The standard InChI is InChI=1S/C73H144N2O15P2/c1-5-9-13-17-21-25-29-33-37-41-45-49-53-57-70(77)74-67(61-85-72(79)59-55-51-47-43-39-35-31-27-23-19-15-11-7-3)63-87-91(81,82)89-65-69(76)66-90-92(83,84)88-64-68(75-71(78)58-54-50-46-42-38-34-30-26-22-18-14-10-6-2)62-86-73(80)60-56-52-48-44-40-36-32-28-24-20-16-12-8-4/h67-69,76H,5-66H2,1-4H3,(H,74,77)(H,75,78)(H,81,82)(H,83,84). The van der Waals surface area contributed by atoms with Gasteiger partial charge in [0.2, 0.25) is 11.8 Å². The van der Waals surface area contributed by atoms with Crippen LogP contribution in [0.3, 0.4) is 0 Å². The van der Waals surface area contributed by atoms with Gasteiger partial charge in [-0.15, -0.1) is 0 Å². The third kappa shape index (κ3) is 66.7. The van der Waals surface area contributed by atoms with Gasteiger partial charge in [-0.05, 0) is 25.7 Å². The van der Waals surface area contributed by atoms with E-state index in [1.807, 2.05) is 0 Å². The van der Waals surface area contributed by atoms with E-state index in [1.165, 1.54) is 231 Å². The average molecular weight is 1350 g/mol. The van der Waals surface area contributed by atoms with Crippen molar-refractivity contribution in [3.63, 3.8) is 0 Å². The predicted octanol–water partition coefficient (Wildman–Crippen LogP) is 20.6. The normalized spacial score (nSPS) is 13.9. The molecule has 0 rings (SSSR count). The molecule has 0 heterocycles. The number of amides is 2. The quantitative estimate of drug-likeness (QED) is 0.0216. The summed E-state index contributed by atoms with van der Waals surface area (Å²) in [6, 6.07) is -1.95. The number of carbonyl (C=O) groups is 4. The van der Waals surface area contributed by atoms with Crippen LogP contribution in [0.5, 0.6) is 0 Å². The minimum atomic E-state index is -4.90. The summed E-state index contributed by atoms with van der Waals surface area (Å²) >= 11 is 0. The number of phosphoric acid groups is 2. The van der Waals surface area contributed by atoms with Crippen LogP contribution in [-0.2, 0) is 55.9 Å². The zero-order valence-electron chi connectivity index (χ0n) is 59.7. The lowest BCUT2D eigenvalue weighted by molar-refractivity contribution is -0.146. The summed E-state index contributed by atoms with van der Waals surface area (Å²) in [4.78, 5) is 73.1. The fourth-order valence-corrected chi connectivity index (χ4v) is 13.0. The van der Waals surface area contributed by atoms with Gasteiger partial charge in [0, 0.05) is 25.7 Å². The van der Waals surface area contributed by atoms with Crippen LogP contribution in [0.1, 0.15) is 387 Å². The highest BCUT2D eigenvalue weighted by atomic mass is 31.2. The minimum Gasteiger partial charge on any atom is -0.463 e. The number of aliphatic hydroxyl groups is 1. The fourth-order valence-electron chi connectivity index (χ4n) is 11.4. The third-order valence-electron chi connectivity index (χ3n) is 17.3. The van der Waals surface area contributed by atoms with Gasteiger partial charge in [0.15, 0.2) is 0 Å². The third-order valence-corrected chi connectivity index (χ3v) is 19.2. The topological polar surface area (TPSA) is 243 Å². The molecule has 5 N–H and O–H groups in total.